The number of guanidine groups is 1. The van der Waals surface area contributed by atoms with Gasteiger partial charge in [-0.15, -0.1) is 11.3 Å². The van der Waals surface area contributed by atoms with Crippen molar-refractivity contribution in [3.8, 4) is 11.5 Å². The van der Waals surface area contributed by atoms with E-state index in [1.807, 2.05) is 25.1 Å². The summed E-state index contributed by atoms with van der Waals surface area (Å²) in [6, 6.07) is 5.64. The summed E-state index contributed by atoms with van der Waals surface area (Å²) in [4.78, 5) is 8.67. The van der Waals surface area contributed by atoms with Crippen molar-refractivity contribution in [2.24, 2.45) is 4.99 Å². The maximum atomic E-state index is 5.30. The van der Waals surface area contributed by atoms with Crippen LogP contribution in [0.3, 0.4) is 0 Å². The number of nitrogens with zero attached hydrogens (tertiary/aromatic N) is 2. The molecule has 6 nitrogen and oxygen atoms in total. The highest BCUT2D eigenvalue weighted by Crippen LogP contribution is 2.29. The predicted octanol–water partition coefficient (Wildman–Crippen LogP) is 2.70. The SMILES string of the molecule is CN=C(NCCc1csc(C)n1)Nc1ccc(OC)c(OC)c1. The Balaban J connectivity index is 1.91. The Labute approximate surface area is 140 Å². The molecule has 0 aliphatic carbocycles. The zero-order chi connectivity index (χ0) is 16.7. The largest absolute Gasteiger partial charge is 0.493 e. The molecule has 1 aromatic carbocycles. The van der Waals surface area contributed by atoms with Gasteiger partial charge in [0.25, 0.3) is 0 Å². The predicted molar refractivity (Wildman–Crippen MR) is 95.1 cm³/mol. The van der Waals surface area contributed by atoms with Crippen molar-refractivity contribution in [2.75, 3.05) is 33.1 Å². The van der Waals surface area contributed by atoms with Crippen LogP contribution < -0.4 is 20.1 Å². The van der Waals surface area contributed by atoms with Crippen LogP contribution in [0.5, 0.6) is 11.5 Å². The number of aromatic nitrogens is 1. The molecule has 0 saturated carbocycles. The van der Waals surface area contributed by atoms with Crippen LogP contribution >= 0.6 is 11.3 Å². The Hall–Kier alpha value is -2.28. The molecule has 0 fully saturated rings. The van der Waals surface area contributed by atoms with E-state index >= 15 is 0 Å². The van der Waals surface area contributed by atoms with Gasteiger partial charge in [-0.05, 0) is 19.1 Å². The van der Waals surface area contributed by atoms with Crippen LogP contribution in [-0.2, 0) is 6.42 Å². The fourth-order valence-corrected chi connectivity index (χ4v) is 2.71. The molecule has 0 aliphatic heterocycles. The van der Waals surface area contributed by atoms with Crippen molar-refractivity contribution < 1.29 is 9.47 Å². The Morgan fingerprint density at radius 2 is 2.04 bits per heavy atom. The highest BCUT2D eigenvalue weighted by molar-refractivity contribution is 7.09. The van der Waals surface area contributed by atoms with Gasteiger partial charge in [-0.1, -0.05) is 0 Å². The van der Waals surface area contributed by atoms with E-state index in [2.05, 4.69) is 26.0 Å². The molecular formula is C16H22N4O2S. The van der Waals surface area contributed by atoms with Crippen molar-refractivity contribution in [3.63, 3.8) is 0 Å². The van der Waals surface area contributed by atoms with Crippen LogP contribution in [0.25, 0.3) is 0 Å². The minimum absolute atomic E-state index is 0.672. The standard InChI is InChI=1S/C16H22N4O2S/c1-11-19-13(10-23-11)7-8-18-16(17-2)20-12-5-6-14(21-3)15(9-12)22-4/h5-6,9-10H,7-8H2,1-4H3,(H2,17,18,20). The Kier molecular flexibility index (Phi) is 6.22. The fraction of sp³-hybridized carbons (Fsp3) is 0.375. The molecule has 2 rings (SSSR count). The van der Waals surface area contributed by atoms with Crippen molar-refractivity contribution in [1.29, 1.82) is 0 Å². The lowest BCUT2D eigenvalue weighted by Crippen LogP contribution is -2.32. The second-order valence-corrected chi connectivity index (χ2v) is 5.86. The lowest BCUT2D eigenvalue weighted by atomic mass is 10.2. The highest BCUT2D eigenvalue weighted by atomic mass is 32.1. The second kappa shape index (κ2) is 8.38. The number of hydrogen-bond donors (Lipinski definition) is 2. The first-order chi connectivity index (χ1) is 11.2. The van der Waals surface area contributed by atoms with Gasteiger partial charge in [0, 0.05) is 37.1 Å². The number of aryl methyl sites for hydroxylation is 1. The van der Waals surface area contributed by atoms with E-state index < -0.39 is 0 Å². The smallest absolute Gasteiger partial charge is 0.195 e. The zero-order valence-corrected chi connectivity index (χ0v) is 14.7. The van der Waals surface area contributed by atoms with E-state index in [0.29, 0.717) is 17.5 Å². The van der Waals surface area contributed by atoms with E-state index in [-0.39, 0.29) is 0 Å². The molecule has 2 aromatic rings. The van der Waals surface area contributed by atoms with Gasteiger partial charge in [-0.2, -0.15) is 0 Å². The van der Waals surface area contributed by atoms with E-state index in [1.165, 1.54) is 0 Å². The summed E-state index contributed by atoms with van der Waals surface area (Å²) >= 11 is 1.67. The van der Waals surface area contributed by atoms with Crippen molar-refractivity contribution in [2.45, 2.75) is 13.3 Å². The molecule has 0 amide bonds. The molecular weight excluding hydrogens is 312 g/mol. The first kappa shape index (κ1) is 17.1. The van der Waals surface area contributed by atoms with Crippen LogP contribution in [0, 0.1) is 6.92 Å². The van der Waals surface area contributed by atoms with E-state index in [0.717, 1.165) is 29.4 Å². The van der Waals surface area contributed by atoms with Crippen molar-refractivity contribution in [1.82, 2.24) is 10.3 Å². The Morgan fingerprint density at radius 3 is 2.65 bits per heavy atom. The first-order valence-electron chi connectivity index (χ1n) is 7.27. The minimum atomic E-state index is 0.672. The number of rotatable bonds is 6. The summed E-state index contributed by atoms with van der Waals surface area (Å²) in [6.45, 7) is 2.77. The van der Waals surface area contributed by atoms with Gasteiger partial charge in [0.1, 0.15) is 0 Å². The van der Waals surface area contributed by atoms with E-state index in [9.17, 15) is 0 Å². The van der Waals surface area contributed by atoms with Gasteiger partial charge in [-0.3, -0.25) is 4.99 Å². The molecule has 1 aromatic heterocycles. The van der Waals surface area contributed by atoms with Crippen LogP contribution in [0.4, 0.5) is 5.69 Å². The number of benzene rings is 1. The van der Waals surface area contributed by atoms with Gasteiger partial charge >= 0.3 is 0 Å². The maximum absolute atomic E-state index is 5.30. The molecule has 124 valence electrons. The Bertz CT molecular complexity index is 670. The number of aliphatic imine (C=N–C) groups is 1. The van der Waals surface area contributed by atoms with Crippen molar-refractivity contribution >= 4 is 23.0 Å². The minimum Gasteiger partial charge on any atom is -0.493 e. The normalized spacial score (nSPS) is 11.2. The number of methoxy groups -OCH3 is 2. The van der Waals surface area contributed by atoms with Crippen LogP contribution in [0.1, 0.15) is 10.7 Å². The summed E-state index contributed by atoms with van der Waals surface area (Å²) in [5, 5.41) is 9.68. The molecule has 23 heavy (non-hydrogen) atoms. The van der Waals surface area contributed by atoms with Gasteiger partial charge in [0.15, 0.2) is 17.5 Å². The maximum Gasteiger partial charge on any atom is 0.195 e. The van der Waals surface area contributed by atoms with Crippen LogP contribution in [-0.4, -0.2) is 38.8 Å². The third-order valence-electron chi connectivity index (χ3n) is 3.21. The third-order valence-corrected chi connectivity index (χ3v) is 4.03. The van der Waals surface area contributed by atoms with E-state index in [4.69, 9.17) is 9.47 Å². The molecule has 0 spiro atoms. The molecule has 1 heterocycles. The van der Waals surface area contributed by atoms with Gasteiger partial charge in [-0.25, -0.2) is 4.98 Å². The molecule has 0 saturated heterocycles. The summed E-state index contributed by atoms with van der Waals surface area (Å²) < 4.78 is 10.5. The third kappa shape index (κ3) is 4.85. The monoisotopic (exact) mass is 334 g/mol. The van der Waals surface area contributed by atoms with Crippen molar-refractivity contribution in [3.05, 3.63) is 34.3 Å². The molecule has 0 aliphatic rings. The topological polar surface area (TPSA) is 67.8 Å². The van der Waals surface area contributed by atoms with E-state index in [1.54, 1.807) is 32.6 Å². The fourth-order valence-electron chi connectivity index (χ4n) is 2.06. The molecule has 0 atom stereocenters. The van der Waals surface area contributed by atoms with Crippen LogP contribution in [0.2, 0.25) is 0 Å². The molecule has 0 bridgehead atoms. The summed E-state index contributed by atoms with van der Waals surface area (Å²) in [5.41, 5.74) is 1.97. The molecule has 0 unspecified atom stereocenters. The highest BCUT2D eigenvalue weighted by Gasteiger charge is 2.06. The quantitative estimate of drug-likeness (QED) is 0.628. The number of hydrogen-bond acceptors (Lipinski definition) is 5. The lowest BCUT2D eigenvalue weighted by molar-refractivity contribution is 0.355. The molecule has 0 radical (unpaired) electrons. The summed E-state index contributed by atoms with van der Waals surface area (Å²) in [6.07, 6.45) is 0.858. The van der Waals surface area contributed by atoms with Gasteiger partial charge in [0.2, 0.25) is 0 Å². The number of ether oxygens (including phenoxy) is 2. The second-order valence-electron chi connectivity index (χ2n) is 4.80. The summed E-state index contributed by atoms with van der Waals surface area (Å²) in [5.74, 6) is 2.06. The molecule has 7 heteroatoms. The summed E-state index contributed by atoms with van der Waals surface area (Å²) in [7, 11) is 4.97. The number of nitrogens with one attached hydrogen (secondary N) is 2. The average molecular weight is 334 g/mol. The Morgan fingerprint density at radius 1 is 1.26 bits per heavy atom. The van der Waals surface area contributed by atoms with Gasteiger partial charge < -0.3 is 20.1 Å². The zero-order valence-electron chi connectivity index (χ0n) is 13.8. The number of anilines is 1. The molecule has 2 N–H and O–H groups in total. The van der Waals surface area contributed by atoms with Crippen LogP contribution in [0.15, 0.2) is 28.6 Å². The average Bonchev–Trinajstić information content (AvgIpc) is 2.99. The lowest BCUT2D eigenvalue weighted by Gasteiger charge is -2.13. The number of thiazole rings is 1. The van der Waals surface area contributed by atoms with Gasteiger partial charge in [0.05, 0.1) is 24.9 Å². The first-order valence-corrected chi connectivity index (χ1v) is 8.15.